The highest BCUT2D eigenvalue weighted by Crippen LogP contribution is 2.22. The average Bonchev–Trinajstić information content (AvgIpc) is 2.60. The number of rotatable bonds is 4. The molecule has 1 aliphatic heterocycles. The van der Waals surface area contributed by atoms with Crippen molar-refractivity contribution < 1.29 is 9.53 Å². The van der Waals surface area contributed by atoms with Crippen LogP contribution < -0.4 is 0 Å². The van der Waals surface area contributed by atoms with Crippen molar-refractivity contribution in [1.82, 2.24) is 19.8 Å². The maximum atomic E-state index is 12.9. The highest BCUT2D eigenvalue weighted by Gasteiger charge is 2.27. The van der Waals surface area contributed by atoms with Crippen molar-refractivity contribution in [2.45, 2.75) is 26.5 Å². The molecule has 6 nitrogen and oxygen atoms in total. The lowest BCUT2D eigenvalue weighted by Gasteiger charge is -2.33. The fraction of sp³-hybridized carbons (Fsp3) is 0.450. The van der Waals surface area contributed by atoms with Crippen molar-refractivity contribution in [2.75, 3.05) is 33.8 Å². The summed E-state index contributed by atoms with van der Waals surface area (Å²) in [5.41, 5.74) is 3.66. The van der Waals surface area contributed by atoms with Gasteiger partial charge in [0.15, 0.2) is 0 Å². The molecule has 1 aromatic carbocycles. The average molecular weight is 354 g/mol. The molecule has 0 radical (unpaired) electrons. The third kappa shape index (κ3) is 4.45. The summed E-state index contributed by atoms with van der Waals surface area (Å²) in [6.45, 7) is 6.29. The Bertz CT molecular complexity index is 754. The van der Waals surface area contributed by atoms with Gasteiger partial charge in [0.1, 0.15) is 11.9 Å². The van der Waals surface area contributed by atoms with E-state index >= 15 is 0 Å². The minimum Gasteiger partial charge on any atom is -0.368 e. The van der Waals surface area contributed by atoms with Crippen molar-refractivity contribution in [1.29, 1.82) is 0 Å². The van der Waals surface area contributed by atoms with E-state index in [4.69, 9.17) is 4.74 Å². The monoisotopic (exact) mass is 354 g/mol. The maximum Gasteiger partial charge on any atom is 0.254 e. The molecule has 1 amide bonds. The third-order valence-electron chi connectivity index (χ3n) is 4.37. The molecular weight excluding hydrogens is 328 g/mol. The fourth-order valence-corrected chi connectivity index (χ4v) is 3.22. The molecule has 2 aromatic rings. The SMILES string of the molecule is Cc1cc([C@@H]2CN(C(=O)c3ccc(CN(C)C)cc3)CCO2)nc(C)n1. The molecule has 0 unspecified atom stereocenters. The zero-order valence-corrected chi connectivity index (χ0v) is 15.9. The van der Waals surface area contributed by atoms with Crippen LogP contribution in [0.2, 0.25) is 0 Å². The van der Waals surface area contributed by atoms with Crippen LogP contribution in [0, 0.1) is 13.8 Å². The molecule has 2 heterocycles. The first-order valence-electron chi connectivity index (χ1n) is 8.89. The van der Waals surface area contributed by atoms with Crippen molar-refractivity contribution in [3.05, 3.63) is 58.7 Å². The first-order valence-corrected chi connectivity index (χ1v) is 8.89. The summed E-state index contributed by atoms with van der Waals surface area (Å²) in [7, 11) is 4.06. The molecule has 6 heteroatoms. The number of carbonyl (C=O) groups is 1. The lowest BCUT2D eigenvalue weighted by atomic mass is 10.1. The maximum absolute atomic E-state index is 12.9. The Balaban J connectivity index is 1.71. The van der Waals surface area contributed by atoms with Gasteiger partial charge in [-0.1, -0.05) is 12.1 Å². The molecule has 1 aliphatic rings. The van der Waals surface area contributed by atoms with E-state index in [-0.39, 0.29) is 12.0 Å². The van der Waals surface area contributed by atoms with Crippen molar-refractivity contribution in [3.63, 3.8) is 0 Å². The first-order chi connectivity index (χ1) is 12.4. The van der Waals surface area contributed by atoms with Gasteiger partial charge in [0.25, 0.3) is 5.91 Å². The minimum absolute atomic E-state index is 0.0391. The number of nitrogens with zero attached hydrogens (tertiary/aromatic N) is 4. The summed E-state index contributed by atoms with van der Waals surface area (Å²) in [4.78, 5) is 25.6. The standard InChI is InChI=1S/C20H26N4O2/c1-14-11-18(22-15(2)21-14)19-13-24(9-10-26-19)20(25)17-7-5-16(6-8-17)12-23(3)4/h5-8,11,19H,9-10,12-13H2,1-4H3/t19-/m0/s1. The van der Waals surface area contributed by atoms with Gasteiger partial charge in [0, 0.05) is 24.3 Å². The van der Waals surface area contributed by atoms with E-state index in [1.54, 1.807) is 0 Å². The summed E-state index contributed by atoms with van der Waals surface area (Å²) in [5, 5.41) is 0. The Hall–Kier alpha value is -2.31. The number of amides is 1. The molecule has 26 heavy (non-hydrogen) atoms. The molecule has 0 saturated carbocycles. The van der Waals surface area contributed by atoms with Crippen LogP contribution >= 0.6 is 0 Å². The van der Waals surface area contributed by atoms with Gasteiger partial charge in [-0.3, -0.25) is 4.79 Å². The summed E-state index contributed by atoms with van der Waals surface area (Å²) in [6.07, 6.45) is -0.207. The summed E-state index contributed by atoms with van der Waals surface area (Å²) in [6, 6.07) is 9.78. The fourth-order valence-electron chi connectivity index (χ4n) is 3.22. The van der Waals surface area contributed by atoms with Crippen LogP contribution in [-0.2, 0) is 11.3 Å². The van der Waals surface area contributed by atoms with Gasteiger partial charge in [-0.25, -0.2) is 9.97 Å². The summed E-state index contributed by atoms with van der Waals surface area (Å²) < 4.78 is 5.86. The Morgan fingerprint density at radius 2 is 1.96 bits per heavy atom. The molecule has 1 aromatic heterocycles. The minimum atomic E-state index is -0.207. The van der Waals surface area contributed by atoms with Crippen molar-refractivity contribution >= 4 is 5.91 Å². The van der Waals surface area contributed by atoms with Gasteiger partial charge >= 0.3 is 0 Å². The van der Waals surface area contributed by atoms with Crippen molar-refractivity contribution in [2.24, 2.45) is 0 Å². The number of hydrogen-bond acceptors (Lipinski definition) is 5. The van der Waals surface area contributed by atoms with Crippen LogP contribution in [0.4, 0.5) is 0 Å². The number of ether oxygens (including phenoxy) is 1. The highest BCUT2D eigenvalue weighted by atomic mass is 16.5. The second kappa shape index (κ2) is 7.93. The Labute approximate surface area is 154 Å². The predicted molar refractivity (Wildman–Crippen MR) is 99.9 cm³/mol. The van der Waals surface area contributed by atoms with Crippen LogP contribution in [-0.4, -0.2) is 59.5 Å². The molecule has 1 saturated heterocycles. The Morgan fingerprint density at radius 3 is 2.62 bits per heavy atom. The number of benzene rings is 1. The van der Waals surface area contributed by atoms with Gasteiger partial charge in [-0.05, 0) is 51.7 Å². The summed E-state index contributed by atoms with van der Waals surface area (Å²) >= 11 is 0. The Kier molecular flexibility index (Phi) is 5.64. The highest BCUT2D eigenvalue weighted by molar-refractivity contribution is 5.94. The predicted octanol–water partition coefficient (Wildman–Crippen LogP) is 2.37. The molecule has 0 N–H and O–H groups in total. The number of aryl methyl sites for hydroxylation is 2. The lowest BCUT2D eigenvalue weighted by Crippen LogP contribution is -2.42. The van der Waals surface area contributed by atoms with E-state index in [2.05, 4.69) is 14.9 Å². The van der Waals surface area contributed by atoms with Gasteiger partial charge in [-0.2, -0.15) is 0 Å². The zero-order valence-electron chi connectivity index (χ0n) is 15.9. The topological polar surface area (TPSA) is 58.6 Å². The van der Waals surface area contributed by atoms with E-state index in [0.717, 1.165) is 23.8 Å². The van der Waals surface area contributed by atoms with Crippen LogP contribution in [0.1, 0.15) is 39.2 Å². The molecule has 1 atom stereocenters. The second-order valence-electron chi connectivity index (χ2n) is 7.03. The second-order valence-corrected chi connectivity index (χ2v) is 7.03. The number of carbonyl (C=O) groups excluding carboxylic acids is 1. The van der Waals surface area contributed by atoms with Crippen LogP contribution in [0.25, 0.3) is 0 Å². The quantitative estimate of drug-likeness (QED) is 0.844. The number of hydrogen-bond donors (Lipinski definition) is 0. The largest absolute Gasteiger partial charge is 0.368 e. The van der Waals surface area contributed by atoms with E-state index in [1.807, 2.05) is 63.2 Å². The van der Waals surface area contributed by atoms with Crippen molar-refractivity contribution in [3.8, 4) is 0 Å². The first kappa shape index (κ1) is 18.5. The third-order valence-corrected chi connectivity index (χ3v) is 4.37. The van der Waals surface area contributed by atoms with E-state index < -0.39 is 0 Å². The summed E-state index contributed by atoms with van der Waals surface area (Å²) in [5.74, 6) is 0.765. The number of aromatic nitrogens is 2. The van der Waals surface area contributed by atoms with Gasteiger partial charge in [-0.15, -0.1) is 0 Å². The molecular formula is C20H26N4O2. The van der Waals surface area contributed by atoms with Gasteiger partial charge in [0.2, 0.25) is 0 Å². The molecule has 0 bridgehead atoms. The number of morpholine rings is 1. The Morgan fingerprint density at radius 1 is 1.23 bits per heavy atom. The zero-order chi connectivity index (χ0) is 18.7. The normalized spacial score (nSPS) is 17.6. The smallest absolute Gasteiger partial charge is 0.254 e. The van der Waals surface area contributed by atoms with Crippen LogP contribution in [0.3, 0.4) is 0 Å². The van der Waals surface area contributed by atoms with E-state index in [0.29, 0.717) is 25.3 Å². The van der Waals surface area contributed by atoms with Gasteiger partial charge in [0.05, 0.1) is 18.8 Å². The van der Waals surface area contributed by atoms with Crippen LogP contribution in [0.15, 0.2) is 30.3 Å². The van der Waals surface area contributed by atoms with E-state index in [1.165, 1.54) is 5.56 Å². The lowest BCUT2D eigenvalue weighted by molar-refractivity contribution is -0.0248. The van der Waals surface area contributed by atoms with E-state index in [9.17, 15) is 4.79 Å². The molecule has 1 fully saturated rings. The molecule has 0 aliphatic carbocycles. The molecule has 138 valence electrons. The molecule has 0 spiro atoms. The molecule has 3 rings (SSSR count). The van der Waals surface area contributed by atoms with Gasteiger partial charge < -0.3 is 14.5 Å². The van der Waals surface area contributed by atoms with Crippen LogP contribution in [0.5, 0.6) is 0 Å².